The van der Waals surface area contributed by atoms with Gasteiger partial charge in [0.05, 0.1) is 0 Å². The molecule has 3 heteroatoms. The minimum Gasteiger partial charge on any atom is -0.326 e. The number of nitrogens with two attached hydrogens (primary N) is 1. The summed E-state index contributed by atoms with van der Waals surface area (Å²) in [6.45, 7) is 14.8. The molecule has 0 fully saturated rings. The van der Waals surface area contributed by atoms with Crippen LogP contribution in [-0.2, 0) is 13.1 Å². The Morgan fingerprint density at radius 1 is 0.593 bits per heavy atom. The Balaban J connectivity index is 2.44. The summed E-state index contributed by atoms with van der Waals surface area (Å²) >= 11 is 0. The molecule has 0 heterocycles. The number of hydrogen-bond acceptors (Lipinski definition) is 3. The Bertz CT molecular complexity index is 437. The minimum absolute atomic E-state index is 0.632. The lowest BCUT2D eigenvalue weighted by Crippen LogP contribution is -2.29. The van der Waals surface area contributed by atoms with Gasteiger partial charge in [0, 0.05) is 13.1 Å². The lowest BCUT2D eigenvalue weighted by Gasteiger charge is -2.24. The molecule has 0 spiro atoms. The highest BCUT2D eigenvalue weighted by Gasteiger charge is 2.08. The highest BCUT2D eigenvalue weighted by atomic mass is 15.1. The number of unbranched alkanes of at least 4 members (excludes halogenated alkanes) is 4. The molecule has 0 aliphatic carbocycles. The lowest BCUT2D eigenvalue weighted by atomic mass is 10.1. The predicted molar refractivity (Wildman–Crippen MR) is 120 cm³/mol. The van der Waals surface area contributed by atoms with E-state index in [9.17, 15) is 0 Å². The standard InChI is InChI=1S/C24H45N3/c1-4-7-8-9-19-27(22-24-14-12-23(21-25)13-15-24)20-11-10-18-26(16-5-2)17-6-3/h12-15H,4-11,16-22,25H2,1-3H3. The molecule has 2 N–H and O–H groups in total. The molecule has 1 aromatic rings. The molecule has 0 aliphatic heterocycles. The topological polar surface area (TPSA) is 32.5 Å². The Labute approximate surface area is 169 Å². The Morgan fingerprint density at radius 3 is 1.63 bits per heavy atom. The molecule has 156 valence electrons. The van der Waals surface area contributed by atoms with Crippen LogP contribution in [0.15, 0.2) is 24.3 Å². The zero-order chi connectivity index (χ0) is 19.7. The second kappa shape index (κ2) is 16.1. The summed E-state index contributed by atoms with van der Waals surface area (Å²) in [5, 5.41) is 0. The quantitative estimate of drug-likeness (QED) is 0.368. The van der Waals surface area contributed by atoms with Gasteiger partial charge in [-0.05, 0) is 76.0 Å². The monoisotopic (exact) mass is 375 g/mol. The summed E-state index contributed by atoms with van der Waals surface area (Å²) in [5.74, 6) is 0. The van der Waals surface area contributed by atoms with E-state index in [4.69, 9.17) is 5.73 Å². The molecule has 0 radical (unpaired) electrons. The van der Waals surface area contributed by atoms with E-state index in [0.29, 0.717) is 6.54 Å². The number of benzene rings is 1. The van der Waals surface area contributed by atoms with Crippen molar-refractivity contribution in [1.82, 2.24) is 9.80 Å². The average molecular weight is 376 g/mol. The van der Waals surface area contributed by atoms with E-state index in [-0.39, 0.29) is 0 Å². The molecular formula is C24H45N3. The fraction of sp³-hybridized carbons (Fsp3) is 0.750. The summed E-state index contributed by atoms with van der Waals surface area (Å²) < 4.78 is 0. The van der Waals surface area contributed by atoms with Crippen LogP contribution in [0.4, 0.5) is 0 Å². The Morgan fingerprint density at radius 2 is 1.11 bits per heavy atom. The summed E-state index contributed by atoms with van der Waals surface area (Å²) in [6.07, 6.45) is 10.5. The van der Waals surface area contributed by atoms with E-state index in [0.717, 1.165) is 6.54 Å². The van der Waals surface area contributed by atoms with Gasteiger partial charge in [0.15, 0.2) is 0 Å². The van der Waals surface area contributed by atoms with Gasteiger partial charge in [-0.15, -0.1) is 0 Å². The van der Waals surface area contributed by atoms with Gasteiger partial charge in [-0.1, -0.05) is 64.3 Å². The molecule has 0 atom stereocenters. The van der Waals surface area contributed by atoms with Crippen molar-refractivity contribution in [2.75, 3.05) is 32.7 Å². The van der Waals surface area contributed by atoms with Crippen molar-refractivity contribution in [2.45, 2.75) is 85.2 Å². The first-order chi connectivity index (χ1) is 13.2. The van der Waals surface area contributed by atoms with E-state index < -0.39 is 0 Å². The molecule has 1 rings (SSSR count). The van der Waals surface area contributed by atoms with Gasteiger partial charge >= 0.3 is 0 Å². The first kappa shape index (κ1) is 24.1. The normalized spacial score (nSPS) is 11.6. The van der Waals surface area contributed by atoms with E-state index in [1.165, 1.54) is 95.2 Å². The number of rotatable bonds is 17. The van der Waals surface area contributed by atoms with Crippen LogP contribution in [0.5, 0.6) is 0 Å². The van der Waals surface area contributed by atoms with Crippen LogP contribution in [0.1, 0.15) is 83.3 Å². The van der Waals surface area contributed by atoms with Crippen molar-refractivity contribution in [2.24, 2.45) is 5.73 Å². The maximum atomic E-state index is 5.73. The second-order valence-electron chi connectivity index (χ2n) is 7.91. The molecule has 3 nitrogen and oxygen atoms in total. The molecule has 0 aromatic heterocycles. The van der Waals surface area contributed by atoms with Crippen LogP contribution < -0.4 is 5.73 Å². The van der Waals surface area contributed by atoms with Gasteiger partial charge in [0.25, 0.3) is 0 Å². The molecule has 0 unspecified atom stereocenters. The highest BCUT2D eigenvalue weighted by molar-refractivity contribution is 5.22. The lowest BCUT2D eigenvalue weighted by molar-refractivity contribution is 0.233. The Hall–Kier alpha value is -0.900. The van der Waals surface area contributed by atoms with E-state index in [1.54, 1.807) is 0 Å². The van der Waals surface area contributed by atoms with E-state index in [1.807, 2.05) is 0 Å². The van der Waals surface area contributed by atoms with Crippen molar-refractivity contribution in [3.63, 3.8) is 0 Å². The first-order valence-corrected chi connectivity index (χ1v) is 11.5. The SMILES string of the molecule is CCCCCCN(CCCCN(CCC)CCC)Cc1ccc(CN)cc1. The van der Waals surface area contributed by atoms with Gasteiger partial charge in [-0.25, -0.2) is 0 Å². The molecule has 0 saturated carbocycles. The van der Waals surface area contributed by atoms with Gasteiger partial charge in [0.2, 0.25) is 0 Å². The molecule has 0 amide bonds. The highest BCUT2D eigenvalue weighted by Crippen LogP contribution is 2.11. The van der Waals surface area contributed by atoms with Gasteiger partial charge < -0.3 is 10.6 Å². The van der Waals surface area contributed by atoms with Crippen LogP contribution in [0.25, 0.3) is 0 Å². The summed E-state index contributed by atoms with van der Waals surface area (Å²) in [6, 6.07) is 8.87. The molecule has 1 aromatic carbocycles. The van der Waals surface area contributed by atoms with Gasteiger partial charge in [-0.3, -0.25) is 4.90 Å². The average Bonchev–Trinajstić information content (AvgIpc) is 2.69. The van der Waals surface area contributed by atoms with Gasteiger partial charge in [-0.2, -0.15) is 0 Å². The molecule has 27 heavy (non-hydrogen) atoms. The summed E-state index contributed by atoms with van der Waals surface area (Å²) in [7, 11) is 0. The summed E-state index contributed by atoms with van der Waals surface area (Å²) in [5.41, 5.74) is 8.37. The van der Waals surface area contributed by atoms with Crippen molar-refractivity contribution in [3.05, 3.63) is 35.4 Å². The third kappa shape index (κ3) is 11.5. The number of nitrogens with zero attached hydrogens (tertiary/aromatic N) is 2. The Kier molecular flexibility index (Phi) is 14.4. The zero-order valence-corrected chi connectivity index (χ0v) is 18.4. The maximum absolute atomic E-state index is 5.73. The fourth-order valence-corrected chi connectivity index (χ4v) is 3.71. The third-order valence-electron chi connectivity index (χ3n) is 5.27. The molecule has 0 aliphatic rings. The maximum Gasteiger partial charge on any atom is 0.0233 e. The van der Waals surface area contributed by atoms with Crippen molar-refractivity contribution < 1.29 is 0 Å². The third-order valence-corrected chi connectivity index (χ3v) is 5.27. The van der Waals surface area contributed by atoms with Crippen LogP contribution in [0.3, 0.4) is 0 Å². The van der Waals surface area contributed by atoms with Crippen LogP contribution in [0, 0.1) is 0 Å². The van der Waals surface area contributed by atoms with Crippen LogP contribution in [-0.4, -0.2) is 42.5 Å². The van der Waals surface area contributed by atoms with Crippen molar-refractivity contribution in [1.29, 1.82) is 0 Å². The van der Waals surface area contributed by atoms with Crippen molar-refractivity contribution in [3.8, 4) is 0 Å². The minimum atomic E-state index is 0.632. The van der Waals surface area contributed by atoms with E-state index in [2.05, 4.69) is 54.8 Å². The molecule has 0 bridgehead atoms. The van der Waals surface area contributed by atoms with Crippen molar-refractivity contribution >= 4 is 0 Å². The smallest absolute Gasteiger partial charge is 0.0233 e. The first-order valence-electron chi connectivity index (χ1n) is 11.5. The summed E-state index contributed by atoms with van der Waals surface area (Å²) in [4.78, 5) is 5.30. The fourth-order valence-electron chi connectivity index (χ4n) is 3.71. The largest absolute Gasteiger partial charge is 0.326 e. The second-order valence-corrected chi connectivity index (χ2v) is 7.91. The van der Waals surface area contributed by atoms with E-state index >= 15 is 0 Å². The van der Waals surface area contributed by atoms with Gasteiger partial charge in [0.1, 0.15) is 0 Å². The van der Waals surface area contributed by atoms with Crippen LogP contribution in [0.2, 0.25) is 0 Å². The molecule has 0 saturated heterocycles. The van der Waals surface area contributed by atoms with Crippen LogP contribution >= 0.6 is 0 Å². The predicted octanol–water partition coefficient (Wildman–Crippen LogP) is 5.43. The molecular weight excluding hydrogens is 330 g/mol. The zero-order valence-electron chi connectivity index (χ0n) is 18.4. The number of hydrogen-bond donors (Lipinski definition) is 1.